The molecule has 0 aromatic carbocycles. The molecular formula is C16H23N3O2. The molecule has 5 nitrogen and oxygen atoms in total. The average molecular weight is 289 g/mol. The Hall–Kier alpha value is -1.78. The van der Waals surface area contributed by atoms with Crippen LogP contribution in [0.5, 0.6) is 0 Å². The molecule has 3 rings (SSSR count). The van der Waals surface area contributed by atoms with Gasteiger partial charge in [-0.05, 0) is 45.6 Å². The topological polar surface area (TPSA) is 54.3 Å². The summed E-state index contributed by atoms with van der Waals surface area (Å²) in [6.07, 6.45) is 4.52. The molecule has 2 aliphatic rings. The highest BCUT2D eigenvalue weighted by atomic mass is 16.2. The Balaban J connectivity index is 1.68. The number of hydrogen-bond donors (Lipinski definition) is 1. The van der Waals surface area contributed by atoms with Crippen LogP contribution in [0.25, 0.3) is 0 Å². The van der Waals surface area contributed by atoms with Crippen molar-refractivity contribution in [1.29, 1.82) is 0 Å². The van der Waals surface area contributed by atoms with E-state index in [2.05, 4.69) is 9.88 Å². The van der Waals surface area contributed by atoms with Crippen LogP contribution in [0.15, 0.2) is 6.07 Å². The summed E-state index contributed by atoms with van der Waals surface area (Å²) in [5.74, 6) is -0.134. The summed E-state index contributed by atoms with van der Waals surface area (Å²) in [6, 6.07) is 2.85. The lowest BCUT2D eigenvalue weighted by atomic mass is 10.2. The van der Waals surface area contributed by atoms with Crippen LogP contribution in [0.3, 0.4) is 0 Å². The smallest absolute Gasteiger partial charge is 0.255 e. The van der Waals surface area contributed by atoms with Gasteiger partial charge in [0.1, 0.15) is 0 Å². The van der Waals surface area contributed by atoms with Crippen LogP contribution in [-0.4, -0.2) is 40.9 Å². The maximum absolute atomic E-state index is 12.5. The quantitative estimate of drug-likeness (QED) is 0.898. The van der Waals surface area contributed by atoms with E-state index in [0.717, 1.165) is 29.8 Å². The molecule has 1 aromatic heterocycles. The molecular weight excluding hydrogens is 266 g/mol. The summed E-state index contributed by atoms with van der Waals surface area (Å²) in [5.41, 5.74) is 2.88. The van der Waals surface area contributed by atoms with E-state index in [1.165, 1.54) is 17.7 Å². The number of carbonyl (C=O) groups excluding carboxylic acids is 2. The van der Waals surface area contributed by atoms with Crippen LogP contribution in [-0.2, 0) is 4.79 Å². The van der Waals surface area contributed by atoms with Gasteiger partial charge in [0.25, 0.3) is 5.91 Å². The number of nitrogens with one attached hydrogen (secondary N) is 1. The monoisotopic (exact) mass is 289 g/mol. The third-order valence-corrected chi connectivity index (χ3v) is 4.30. The van der Waals surface area contributed by atoms with Gasteiger partial charge in [0.2, 0.25) is 5.91 Å². The lowest BCUT2D eigenvalue weighted by Gasteiger charge is -2.17. The highest BCUT2D eigenvalue weighted by molar-refractivity contribution is 5.97. The van der Waals surface area contributed by atoms with Crippen LogP contribution in [0.4, 0.5) is 0 Å². The van der Waals surface area contributed by atoms with E-state index >= 15 is 0 Å². The van der Waals surface area contributed by atoms with E-state index in [4.69, 9.17) is 0 Å². The van der Waals surface area contributed by atoms with Crippen molar-refractivity contribution >= 4 is 11.8 Å². The van der Waals surface area contributed by atoms with Crippen molar-refractivity contribution < 1.29 is 9.59 Å². The van der Waals surface area contributed by atoms with Crippen LogP contribution in [0.1, 0.15) is 53.5 Å². The molecule has 2 amide bonds. The molecule has 2 saturated carbocycles. The van der Waals surface area contributed by atoms with Crippen molar-refractivity contribution in [2.24, 2.45) is 0 Å². The Labute approximate surface area is 125 Å². The zero-order valence-electron chi connectivity index (χ0n) is 13.0. The van der Waals surface area contributed by atoms with Crippen molar-refractivity contribution in [2.75, 3.05) is 13.6 Å². The van der Waals surface area contributed by atoms with Crippen molar-refractivity contribution in [1.82, 2.24) is 14.8 Å². The lowest BCUT2D eigenvalue weighted by Crippen LogP contribution is -2.39. The van der Waals surface area contributed by atoms with Gasteiger partial charge >= 0.3 is 0 Å². The van der Waals surface area contributed by atoms with Crippen LogP contribution < -0.4 is 5.32 Å². The molecule has 0 unspecified atom stereocenters. The lowest BCUT2D eigenvalue weighted by molar-refractivity contribution is -0.121. The fourth-order valence-corrected chi connectivity index (χ4v) is 2.88. The number of aromatic nitrogens is 1. The summed E-state index contributed by atoms with van der Waals surface area (Å²) < 4.78 is 2.26. The van der Waals surface area contributed by atoms with E-state index in [0.29, 0.717) is 12.1 Å². The van der Waals surface area contributed by atoms with Gasteiger partial charge in [-0.3, -0.25) is 9.59 Å². The minimum atomic E-state index is -0.0686. The first-order valence-electron chi connectivity index (χ1n) is 7.70. The number of aryl methyl sites for hydroxylation is 1. The summed E-state index contributed by atoms with van der Waals surface area (Å²) >= 11 is 0. The van der Waals surface area contributed by atoms with Gasteiger partial charge in [0, 0.05) is 30.5 Å². The highest BCUT2D eigenvalue weighted by Crippen LogP contribution is 2.38. The SMILES string of the molecule is Cc1cc(C(=O)N(C)CC(=O)NC2CC2)c(C)n1C1CC1. The summed E-state index contributed by atoms with van der Waals surface area (Å²) in [6.45, 7) is 4.17. The first-order chi connectivity index (χ1) is 9.97. The summed E-state index contributed by atoms with van der Waals surface area (Å²) in [7, 11) is 1.69. The second-order valence-corrected chi connectivity index (χ2v) is 6.39. The van der Waals surface area contributed by atoms with Crippen LogP contribution in [0.2, 0.25) is 0 Å². The molecule has 1 aromatic rings. The third kappa shape index (κ3) is 2.96. The second-order valence-electron chi connectivity index (χ2n) is 6.39. The molecule has 2 fully saturated rings. The normalized spacial score (nSPS) is 17.7. The Kier molecular flexibility index (Phi) is 3.51. The predicted molar refractivity (Wildman–Crippen MR) is 80.3 cm³/mol. The second kappa shape index (κ2) is 5.20. The highest BCUT2D eigenvalue weighted by Gasteiger charge is 2.30. The van der Waals surface area contributed by atoms with E-state index < -0.39 is 0 Å². The third-order valence-electron chi connectivity index (χ3n) is 4.30. The number of amides is 2. The molecule has 0 atom stereocenters. The molecule has 5 heteroatoms. The standard InChI is InChI=1S/C16H23N3O2/c1-10-8-14(11(2)19(10)13-6-7-13)16(21)18(3)9-15(20)17-12-4-5-12/h8,12-13H,4-7,9H2,1-3H3,(H,17,20). The predicted octanol–water partition coefficient (Wildman–Crippen LogP) is 1.79. The zero-order chi connectivity index (χ0) is 15.1. The van der Waals surface area contributed by atoms with Crippen molar-refractivity contribution in [3.05, 3.63) is 23.0 Å². The van der Waals surface area contributed by atoms with Crippen molar-refractivity contribution in [3.8, 4) is 0 Å². The van der Waals surface area contributed by atoms with Gasteiger partial charge in [-0.25, -0.2) is 0 Å². The average Bonchev–Trinajstić information content (AvgIpc) is 3.31. The number of nitrogens with zero attached hydrogens (tertiary/aromatic N) is 2. The number of likely N-dealkylation sites (N-methyl/N-ethyl adjacent to an activating group) is 1. The van der Waals surface area contributed by atoms with Gasteiger partial charge in [0.15, 0.2) is 0 Å². The van der Waals surface area contributed by atoms with Gasteiger partial charge < -0.3 is 14.8 Å². The molecule has 0 aliphatic heterocycles. The minimum absolute atomic E-state index is 0.0654. The molecule has 0 saturated heterocycles. The first kappa shape index (κ1) is 14.2. The van der Waals surface area contributed by atoms with E-state index in [9.17, 15) is 9.59 Å². The molecule has 1 N–H and O–H groups in total. The number of rotatable bonds is 5. The molecule has 21 heavy (non-hydrogen) atoms. The van der Waals surface area contributed by atoms with Crippen molar-refractivity contribution in [3.63, 3.8) is 0 Å². The Bertz CT molecular complexity index is 583. The van der Waals surface area contributed by atoms with Gasteiger partial charge in [-0.15, -0.1) is 0 Å². The van der Waals surface area contributed by atoms with E-state index in [-0.39, 0.29) is 18.4 Å². The van der Waals surface area contributed by atoms with Gasteiger partial charge in [-0.1, -0.05) is 0 Å². The number of carbonyl (C=O) groups is 2. The maximum atomic E-state index is 12.5. The Morgan fingerprint density at radius 1 is 1.29 bits per heavy atom. The van der Waals surface area contributed by atoms with Crippen molar-refractivity contribution in [2.45, 2.75) is 51.6 Å². The summed E-state index contributed by atoms with van der Waals surface area (Å²) in [5, 5.41) is 2.91. The maximum Gasteiger partial charge on any atom is 0.255 e. The Morgan fingerprint density at radius 2 is 1.95 bits per heavy atom. The molecule has 0 radical (unpaired) electrons. The zero-order valence-corrected chi connectivity index (χ0v) is 13.0. The summed E-state index contributed by atoms with van der Waals surface area (Å²) in [4.78, 5) is 25.9. The molecule has 2 aliphatic carbocycles. The van der Waals surface area contributed by atoms with Crippen LogP contribution >= 0.6 is 0 Å². The van der Waals surface area contributed by atoms with E-state index in [1.807, 2.05) is 19.9 Å². The van der Waals surface area contributed by atoms with E-state index in [1.54, 1.807) is 7.05 Å². The molecule has 114 valence electrons. The Morgan fingerprint density at radius 3 is 2.52 bits per heavy atom. The molecule has 1 heterocycles. The number of hydrogen-bond acceptors (Lipinski definition) is 2. The molecule has 0 bridgehead atoms. The van der Waals surface area contributed by atoms with Gasteiger partial charge in [-0.2, -0.15) is 0 Å². The first-order valence-corrected chi connectivity index (χ1v) is 7.70. The fraction of sp³-hybridized carbons (Fsp3) is 0.625. The van der Waals surface area contributed by atoms with Gasteiger partial charge in [0.05, 0.1) is 12.1 Å². The van der Waals surface area contributed by atoms with Crippen LogP contribution in [0, 0.1) is 13.8 Å². The minimum Gasteiger partial charge on any atom is -0.352 e. The largest absolute Gasteiger partial charge is 0.352 e. The fourth-order valence-electron chi connectivity index (χ4n) is 2.88. The molecule has 0 spiro atoms.